The molecule has 154 valence electrons. The number of hydrogen-bond donors (Lipinski definition) is 3. The molecule has 0 bridgehead atoms. The summed E-state index contributed by atoms with van der Waals surface area (Å²) < 4.78 is 0. The van der Waals surface area contributed by atoms with Gasteiger partial charge in [0.15, 0.2) is 0 Å². The average molecular weight is 451 g/mol. The number of benzene rings is 1. The molecule has 1 aliphatic carbocycles. The number of alkyl halides is 1. The van der Waals surface area contributed by atoms with Crippen LogP contribution in [0.3, 0.4) is 0 Å². The molecule has 1 aromatic carbocycles. The smallest absolute Gasteiger partial charge is 0.253 e. The number of hydrazine groups is 1. The molecule has 2 fully saturated rings. The monoisotopic (exact) mass is 450 g/mol. The van der Waals surface area contributed by atoms with Crippen molar-refractivity contribution in [2.45, 2.75) is 68.9 Å². The first kappa shape index (κ1) is 21.3. The zero-order chi connectivity index (χ0) is 20.3. The van der Waals surface area contributed by atoms with Crippen molar-refractivity contribution >= 4 is 33.4 Å². The lowest BCUT2D eigenvalue weighted by atomic mass is 9.94. The lowest BCUT2D eigenvalue weighted by molar-refractivity contribution is -0.117. The summed E-state index contributed by atoms with van der Waals surface area (Å²) >= 11 is 3.63. The zero-order valence-corrected chi connectivity index (χ0v) is 18.5. The highest BCUT2D eigenvalue weighted by Crippen LogP contribution is 2.24. The van der Waals surface area contributed by atoms with Gasteiger partial charge in [0.05, 0.1) is 4.83 Å². The van der Waals surface area contributed by atoms with Gasteiger partial charge >= 0.3 is 0 Å². The highest BCUT2D eigenvalue weighted by molar-refractivity contribution is 9.09. The highest BCUT2D eigenvalue weighted by atomic mass is 79.9. The SMILES string of the molecule is CC(C)C1NNC(C(=O)Nc2ccc(C(=O)N(C)C3CCCCC3)cc2)C1Br. The Labute approximate surface area is 175 Å². The molecule has 1 aromatic rings. The van der Waals surface area contributed by atoms with Crippen LogP contribution in [-0.4, -0.2) is 46.7 Å². The summed E-state index contributed by atoms with van der Waals surface area (Å²) in [5.41, 5.74) is 7.60. The molecule has 3 atom stereocenters. The zero-order valence-electron chi connectivity index (χ0n) is 16.9. The van der Waals surface area contributed by atoms with Gasteiger partial charge in [-0.25, -0.2) is 5.43 Å². The number of amides is 2. The third-order valence-electron chi connectivity index (χ3n) is 5.91. The Hall–Kier alpha value is -1.44. The Morgan fingerprint density at radius 1 is 1.11 bits per heavy atom. The molecule has 0 aromatic heterocycles. The molecule has 28 heavy (non-hydrogen) atoms. The van der Waals surface area contributed by atoms with Gasteiger partial charge in [-0.15, -0.1) is 0 Å². The van der Waals surface area contributed by atoms with Crippen molar-refractivity contribution < 1.29 is 9.59 Å². The van der Waals surface area contributed by atoms with E-state index in [1.807, 2.05) is 11.9 Å². The van der Waals surface area contributed by atoms with E-state index in [-0.39, 0.29) is 28.7 Å². The van der Waals surface area contributed by atoms with Gasteiger partial charge in [-0.2, -0.15) is 0 Å². The number of rotatable bonds is 5. The van der Waals surface area contributed by atoms with Gasteiger partial charge in [0, 0.05) is 30.4 Å². The van der Waals surface area contributed by atoms with E-state index in [2.05, 4.69) is 45.9 Å². The van der Waals surface area contributed by atoms with Crippen LogP contribution in [0.4, 0.5) is 5.69 Å². The van der Waals surface area contributed by atoms with E-state index in [4.69, 9.17) is 0 Å². The van der Waals surface area contributed by atoms with Crippen molar-refractivity contribution in [2.24, 2.45) is 5.92 Å². The summed E-state index contributed by atoms with van der Waals surface area (Å²) in [4.78, 5) is 27.2. The minimum absolute atomic E-state index is 0.0116. The van der Waals surface area contributed by atoms with Crippen LogP contribution >= 0.6 is 15.9 Å². The Morgan fingerprint density at radius 3 is 2.32 bits per heavy atom. The molecule has 3 unspecified atom stereocenters. The number of anilines is 1. The summed E-state index contributed by atoms with van der Waals surface area (Å²) in [5, 5.41) is 2.94. The summed E-state index contributed by atoms with van der Waals surface area (Å²) in [6, 6.07) is 7.35. The van der Waals surface area contributed by atoms with Gasteiger partial charge in [-0.05, 0) is 43.0 Å². The molecule has 6 nitrogen and oxygen atoms in total. The standard InChI is InChI=1S/C21H31BrN4O2/c1-13(2)18-17(22)19(25-24-18)20(27)23-15-11-9-14(10-12-15)21(28)26(3)16-7-5-4-6-8-16/h9-13,16-19,24-25H,4-8H2,1-3H3,(H,23,27). The maximum absolute atomic E-state index is 12.7. The van der Waals surface area contributed by atoms with Crippen LogP contribution in [-0.2, 0) is 4.79 Å². The van der Waals surface area contributed by atoms with E-state index in [1.165, 1.54) is 19.3 Å². The number of nitrogens with zero attached hydrogens (tertiary/aromatic N) is 1. The van der Waals surface area contributed by atoms with Crippen molar-refractivity contribution in [3.8, 4) is 0 Å². The predicted octanol–water partition coefficient (Wildman–Crippen LogP) is 3.29. The third-order valence-corrected chi connectivity index (χ3v) is 7.01. The summed E-state index contributed by atoms with van der Waals surface area (Å²) in [5.74, 6) is 0.351. The summed E-state index contributed by atoms with van der Waals surface area (Å²) in [6.45, 7) is 4.24. The van der Waals surface area contributed by atoms with Crippen LogP contribution in [0.15, 0.2) is 24.3 Å². The first-order valence-corrected chi connectivity index (χ1v) is 11.1. The van der Waals surface area contributed by atoms with E-state index in [1.54, 1.807) is 24.3 Å². The fraction of sp³-hybridized carbons (Fsp3) is 0.619. The number of hydrogen-bond acceptors (Lipinski definition) is 4. The van der Waals surface area contributed by atoms with Crippen molar-refractivity contribution in [2.75, 3.05) is 12.4 Å². The van der Waals surface area contributed by atoms with Crippen molar-refractivity contribution in [3.63, 3.8) is 0 Å². The minimum atomic E-state index is -0.355. The van der Waals surface area contributed by atoms with E-state index >= 15 is 0 Å². The van der Waals surface area contributed by atoms with Gasteiger partial charge < -0.3 is 10.2 Å². The quantitative estimate of drug-likeness (QED) is 0.601. The number of carbonyl (C=O) groups is 2. The van der Waals surface area contributed by atoms with E-state index < -0.39 is 0 Å². The number of nitrogens with one attached hydrogen (secondary N) is 3. The summed E-state index contributed by atoms with van der Waals surface area (Å²) in [7, 11) is 1.90. The van der Waals surface area contributed by atoms with Crippen molar-refractivity contribution in [1.29, 1.82) is 0 Å². The molecular formula is C21H31BrN4O2. The van der Waals surface area contributed by atoms with Gasteiger partial charge in [0.2, 0.25) is 5.91 Å². The van der Waals surface area contributed by atoms with Crippen LogP contribution in [0.5, 0.6) is 0 Å². The average Bonchev–Trinajstić information content (AvgIpc) is 3.10. The highest BCUT2D eigenvalue weighted by Gasteiger charge is 2.39. The van der Waals surface area contributed by atoms with Crippen LogP contribution in [0, 0.1) is 5.92 Å². The molecular weight excluding hydrogens is 420 g/mol. The maximum Gasteiger partial charge on any atom is 0.253 e. The molecule has 1 saturated carbocycles. The second-order valence-corrected chi connectivity index (χ2v) is 9.31. The molecule has 3 rings (SSSR count). The lowest BCUT2D eigenvalue weighted by Gasteiger charge is -2.31. The fourth-order valence-corrected chi connectivity index (χ4v) is 5.17. The molecule has 0 spiro atoms. The topological polar surface area (TPSA) is 73.5 Å². The molecule has 1 saturated heterocycles. The first-order valence-electron chi connectivity index (χ1n) is 10.2. The molecule has 0 radical (unpaired) electrons. The third kappa shape index (κ3) is 4.75. The van der Waals surface area contributed by atoms with Crippen molar-refractivity contribution in [3.05, 3.63) is 29.8 Å². The largest absolute Gasteiger partial charge is 0.339 e. The molecule has 3 N–H and O–H groups in total. The van der Waals surface area contributed by atoms with Crippen LogP contribution in [0.2, 0.25) is 0 Å². The first-order chi connectivity index (χ1) is 13.4. The van der Waals surface area contributed by atoms with Crippen LogP contribution < -0.4 is 16.2 Å². The molecule has 1 aliphatic heterocycles. The second-order valence-electron chi connectivity index (χ2n) is 8.26. The predicted molar refractivity (Wildman–Crippen MR) is 115 cm³/mol. The van der Waals surface area contributed by atoms with Crippen LogP contribution in [0.25, 0.3) is 0 Å². The summed E-state index contributed by atoms with van der Waals surface area (Å²) in [6.07, 6.45) is 5.84. The van der Waals surface area contributed by atoms with Gasteiger partial charge in [0.1, 0.15) is 6.04 Å². The van der Waals surface area contributed by atoms with Gasteiger partial charge in [-0.1, -0.05) is 49.0 Å². The molecule has 2 amide bonds. The Balaban J connectivity index is 1.58. The minimum Gasteiger partial charge on any atom is -0.339 e. The Kier molecular flexibility index (Phi) is 7.12. The van der Waals surface area contributed by atoms with E-state index in [0.29, 0.717) is 23.2 Å². The Morgan fingerprint density at radius 2 is 1.75 bits per heavy atom. The van der Waals surface area contributed by atoms with Gasteiger partial charge in [0.25, 0.3) is 5.91 Å². The van der Waals surface area contributed by atoms with Crippen LogP contribution in [0.1, 0.15) is 56.3 Å². The van der Waals surface area contributed by atoms with E-state index in [9.17, 15) is 9.59 Å². The molecule has 7 heteroatoms. The van der Waals surface area contributed by atoms with E-state index in [0.717, 1.165) is 12.8 Å². The molecule has 2 aliphatic rings. The molecule has 1 heterocycles. The fourth-order valence-electron chi connectivity index (χ4n) is 4.05. The Bertz CT molecular complexity index is 688. The number of halogens is 1. The normalized spacial score (nSPS) is 25.7. The second kappa shape index (κ2) is 9.37. The maximum atomic E-state index is 12.7. The van der Waals surface area contributed by atoms with Gasteiger partial charge in [-0.3, -0.25) is 15.0 Å². The van der Waals surface area contributed by atoms with Crippen molar-refractivity contribution in [1.82, 2.24) is 15.8 Å². The lowest BCUT2D eigenvalue weighted by Crippen LogP contribution is -2.42. The number of carbonyl (C=O) groups excluding carboxylic acids is 2.